The van der Waals surface area contributed by atoms with E-state index in [9.17, 15) is 4.79 Å². The van der Waals surface area contributed by atoms with Gasteiger partial charge in [-0.05, 0) is 23.5 Å². The van der Waals surface area contributed by atoms with Crippen LogP contribution in [-0.4, -0.2) is 54.1 Å². The van der Waals surface area contributed by atoms with Crippen LogP contribution in [0.2, 0.25) is 0 Å². The lowest BCUT2D eigenvalue weighted by atomic mass is 10.0. The Morgan fingerprint density at radius 2 is 1.74 bits per heavy atom. The number of hydrogen-bond acceptors (Lipinski definition) is 5. The second-order valence-electron chi connectivity index (χ2n) is 7.36. The van der Waals surface area contributed by atoms with Gasteiger partial charge in [0.15, 0.2) is 0 Å². The summed E-state index contributed by atoms with van der Waals surface area (Å²) < 4.78 is 5.16. The Hall–Kier alpha value is -2.63. The topological polar surface area (TPSA) is 58.6 Å². The molecule has 1 saturated heterocycles. The van der Waals surface area contributed by atoms with Crippen molar-refractivity contribution in [1.29, 1.82) is 0 Å². The maximum absolute atomic E-state index is 12.6. The number of aromatic nitrogens is 2. The maximum Gasteiger partial charge on any atom is 0.228 e. The standard InChI is InChI=1S/C21H28N4O2/c1-16(2)14-17-4-6-18(7-5-17)15-20(26)24-10-12-25(13-11-24)21-22-9-8-19(23-21)27-3/h4-9,16H,10-15H2,1-3H3. The summed E-state index contributed by atoms with van der Waals surface area (Å²) in [5.41, 5.74) is 2.40. The van der Waals surface area contributed by atoms with Gasteiger partial charge in [0.05, 0.1) is 13.5 Å². The van der Waals surface area contributed by atoms with Crippen LogP contribution in [0.15, 0.2) is 36.5 Å². The molecule has 0 N–H and O–H groups in total. The summed E-state index contributed by atoms with van der Waals surface area (Å²) in [6.45, 7) is 7.26. The Balaban J connectivity index is 1.52. The quantitative estimate of drug-likeness (QED) is 0.784. The lowest BCUT2D eigenvalue weighted by Crippen LogP contribution is -2.49. The number of anilines is 1. The zero-order valence-electron chi connectivity index (χ0n) is 16.4. The van der Waals surface area contributed by atoms with Crippen molar-refractivity contribution < 1.29 is 9.53 Å². The van der Waals surface area contributed by atoms with Crippen molar-refractivity contribution >= 4 is 11.9 Å². The first-order valence-electron chi connectivity index (χ1n) is 9.52. The number of rotatable bonds is 6. The molecule has 27 heavy (non-hydrogen) atoms. The van der Waals surface area contributed by atoms with Gasteiger partial charge in [-0.2, -0.15) is 4.98 Å². The SMILES string of the molecule is COc1ccnc(N2CCN(C(=O)Cc3ccc(CC(C)C)cc3)CC2)n1. The fraction of sp³-hybridized carbons (Fsp3) is 0.476. The van der Waals surface area contributed by atoms with Gasteiger partial charge in [-0.25, -0.2) is 4.98 Å². The van der Waals surface area contributed by atoms with Crippen molar-refractivity contribution in [2.45, 2.75) is 26.7 Å². The van der Waals surface area contributed by atoms with Crippen LogP contribution in [0, 0.1) is 5.92 Å². The second kappa shape index (κ2) is 8.84. The lowest BCUT2D eigenvalue weighted by Gasteiger charge is -2.34. The Morgan fingerprint density at radius 3 is 2.37 bits per heavy atom. The Kier molecular flexibility index (Phi) is 6.27. The number of benzene rings is 1. The molecule has 0 unspecified atom stereocenters. The number of nitrogens with zero attached hydrogens (tertiary/aromatic N) is 4. The van der Waals surface area contributed by atoms with Crippen LogP contribution >= 0.6 is 0 Å². The van der Waals surface area contributed by atoms with E-state index in [1.165, 1.54) is 5.56 Å². The molecule has 0 spiro atoms. The molecule has 0 saturated carbocycles. The van der Waals surface area contributed by atoms with Crippen molar-refractivity contribution in [3.63, 3.8) is 0 Å². The molecule has 1 aliphatic heterocycles. The highest BCUT2D eigenvalue weighted by molar-refractivity contribution is 5.79. The zero-order chi connectivity index (χ0) is 19.2. The van der Waals surface area contributed by atoms with E-state index in [-0.39, 0.29) is 5.91 Å². The molecule has 1 aromatic carbocycles. The summed E-state index contributed by atoms with van der Waals surface area (Å²) in [6, 6.07) is 10.2. The fourth-order valence-corrected chi connectivity index (χ4v) is 3.31. The molecule has 0 bridgehead atoms. The number of methoxy groups -OCH3 is 1. The highest BCUT2D eigenvalue weighted by atomic mass is 16.5. The van der Waals surface area contributed by atoms with Crippen LogP contribution in [0.1, 0.15) is 25.0 Å². The summed E-state index contributed by atoms with van der Waals surface area (Å²) in [4.78, 5) is 25.3. The molecule has 2 aromatic rings. The monoisotopic (exact) mass is 368 g/mol. The smallest absolute Gasteiger partial charge is 0.228 e. The highest BCUT2D eigenvalue weighted by Gasteiger charge is 2.22. The fourth-order valence-electron chi connectivity index (χ4n) is 3.31. The van der Waals surface area contributed by atoms with Gasteiger partial charge in [0, 0.05) is 38.4 Å². The number of amides is 1. The summed E-state index contributed by atoms with van der Waals surface area (Å²) in [5.74, 6) is 2.03. The minimum absolute atomic E-state index is 0.179. The third kappa shape index (κ3) is 5.18. The molecule has 2 heterocycles. The average Bonchev–Trinajstić information content (AvgIpc) is 2.69. The molecule has 0 atom stereocenters. The molecule has 0 radical (unpaired) electrons. The molecule has 6 heteroatoms. The molecule has 1 amide bonds. The van der Waals surface area contributed by atoms with Crippen molar-refractivity contribution in [2.75, 3.05) is 38.2 Å². The predicted molar refractivity (Wildman–Crippen MR) is 106 cm³/mol. The third-order valence-electron chi connectivity index (χ3n) is 4.76. The summed E-state index contributed by atoms with van der Waals surface area (Å²) in [7, 11) is 1.60. The maximum atomic E-state index is 12.6. The van der Waals surface area contributed by atoms with Gasteiger partial charge in [-0.15, -0.1) is 0 Å². The Bertz CT molecular complexity index is 753. The molecule has 0 aliphatic carbocycles. The van der Waals surface area contributed by atoms with Crippen LogP contribution in [0.4, 0.5) is 5.95 Å². The summed E-state index contributed by atoms with van der Waals surface area (Å²) >= 11 is 0. The van der Waals surface area contributed by atoms with Crippen molar-refractivity contribution in [3.05, 3.63) is 47.7 Å². The van der Waals surface area contributed by atoms with E-state index in [2.05, 4.69) is 53.0 Å². The minimum Gasteiger partial charge on any atom is -0.481 e. The molecule has 1 aromatic heterocycles. The first-order valence-corrected chi connectivity index (χ1v) is 9.52. The zero-order valence-corrected chi connectivity index (χ0v) is 16.4. The summed E-state index contributed by atoms with van der Waals surface area (Å²) in [6.07, 6.45) is 3.22. The average molecular weight is 368 g/mol. The number of ether oxygens (including phenoxy) is 1. The molecular formula is C21H28N4O2. The van der Waals surface area contributed by atoms with Crippen LogP contribution in [0.5, 0.6) is 5.88 Å². The number of carbonyl (C=O) groups excluding carboxylic acids is 1. The number of hydrogen-bond donors (Lipinski definition) is 0. The van der Waals surface area contributed by atoms with Crippen molar-refractivity contribution in [3.8, 4) is 5.88 Å². The molecule has 144 valence electrons. The van der Waals surface area contributed by atoms with Gasteiger partial charge < -0.3 is 14.5 Å². The highest BCUT2D eigenvalue weighted by Crippen LogP contribution is 2.16. The van der Waals surface area contributed by atoms with E-state index in [0.717, 1.165) is 25.1 Å². The van der Waals surface area contributed by atoms with Gasteiger partial charge in [0.2, 0.25) is 17.7 Å². The van der Waals surface area contributed by atoms with Crippen molar-refractivity contribution in [2.24, 2.45) is 5.92 Å². The van der Waals surface area contributed by atoms with E-state index in [1.54, 1.807) is 19.4 Å². The molecule has 6 nitrogen and oxygen atoms in total. The van der Waals surface area contributed by atoms with E-state index < -0.39 is 0 Å². The van der Waals surface area contributed by atoms with Crippen LogP contribution in [-0.2, 0) is 17.6 Å². The largest absolute Gasteiger partial charge is 0.481 e. The van der Waals surface area contributed by atoms with E-state index in [1.807, 2.05) is 4.90 Å². The van der Waals surface area contributed by atoms with Crippen LogP contribution in [0.25, 0.3) is 0 Å². The Morgan fingerprint density at radius 1 is 1.07 bits per heavy atom. The van der Waals surface area contributed by atoms with Gasteiger partial charge in [-0.1, -0.05) is 38.1 Å². The molecule has 3 rings (SSSR count). The van der Waals surface area contributed by atoms with Gasteiger partial charge in [0.1, 0.15) is 0 Å². The van der Waals surface area contributed by atoms with E-state index in [0.29, 0.717) is 37.3 Å². The normalized spacial score (nSPS) is 14.5. The van der Waals surface area contributed by atoms with Gasteiger partial charge >= 0.3 is 0 Å². The number of piperazine rings is 1. The van der Waals surface area contributed by atoms with E-state index in [4.69, 9.17) is 4.74 Å². The molecule has 1 fully saturated rings. The van der Waals surface area contributed by atoms with Crippen LogP contribution in [0.3, 0.4) is 0 Å². The minimum atomic E-state index is 0.179. The summed E-state index contributed by atoms with van der Waals surface area (Å²) in [5, 5.41) is 0. The van der Waals surface area contributed by atoms with Crippen molar-refractivity contribution in [1.82, 2.24) is 14.9 Å². The molecule has 1 aliphatic rings. The third-order valence-corrected chi connectivity index (χ3v) is 4.76. The van der Waals surface area contributed by atoms with Gasteiger partial charge in [-0.3, -0.25) is 4.79 Å². The first kappa shape index (κ1) is 19.1. The lowest BCUT2D eigenvalue weighted by molar-refractivity contribution is -0.130. The first-order chi connectivity index (χ1) is 13.0. The second-order valence-corrected chi connectivity index (χ2v) is 7.36. The Labute approximate surface area is 161 Å². The molecular weight excluding hydrogens is 340 g/mol. The number of carbonyl (C=O) groups is 1. The van der Waals surface area contributed by atoms with Gasteiger partial charge in [0.25, 0.3) is 0 Å². The van der Waals surface area contributed by atoms with Crippen LogP contribution < -0.4 is 9.64 Å². The van der Waals surface area contributed by atoms with E-state index >= 15 is 0 Å². The predicted octanol–water partition coefficient (Wildman–Crippen LogP) is 2.58.